The number of unbranched alkanes of at least 4 members (excludes halogenated alkanes) is 1. The number of halogens is 1. The van der Waals surface area contributed by atoms with Gasteiger partial charge in [-0.1, -0.05) is 13.3 Å². The van der Waals surface area contributed by atoms with Gasteiger partial charge >= 0.3 is 0 Å². The first kappa shape index (κ1) is 13.6. The van der Waals surface area contributed by atoms with Gasteiger partial charge in [-0.3, -0.25) is 0 Å². The van der Waals surface area contributed by atoms with Gasteiger partial charge in [0.25, 0.3) is 0 Å². The van der Waals surface area contributed by atoms with Crippen molar-refractivity contribution in [3.8, 4) is 0 Å². The van der Waals surface area contributed by atoms with Crippen molar-refractivity contribution < 1.29 is 4.42 Å². The number of aromatic nitrogens is 2. The summed E-state index contributed by atoms with van der Waals surface area (Å²) in [6.45, 7) is 3.92. The Labute approximate surface area is 107 Å². The molecule has 0 atom stereocenters. The topological polar surface area (TPSA) is 43.0 Å². The summed E-state index contributed by atoms with van der Waals surface area (Å²) in [5.41, 5.74) is 1.14. The van der Waals surface area contributed by atoms with Gasteiger partial charge in [-0.15, -0.1) is 12.4 Å². The third-order valence-corrected chi connectivity index (χ3v) is 2.49. The number of aryl methyl sites for hydroxylation is 1. The number of rotatable bonds is 6. The summed E-state index contributed by atoms with van der Waals surface area (Å²) in [5, 5.41) is 7.63. The van der Waals surface area contributed by atoms with Crippen LogP contribution in [0.2, 0.25) is 0 Å². The van der Waals surface area contributed by atoms with E-state index in [-0.39, 0.29) is 12.4 Å². The first-order chi connectivity index (χ1) is 7.90. The normalized spacial score (nSPS) is 9.94. The Balaban J connectivity index is 0.00000144. The van der Waals surface area contributed by atoms with Crippen LogP contribution in [-0.2, 0) is 13.1 Å². The molecular formula is C12H18ClN3O. The number of furan rings is 1. The number of nitrogens with one attached hydrogen (secondary N) is 1. The largest absolute Gasteiger partial charge is 0.472 e. The molecule has 17 heavy (non-hydrogen) atoms. The fourth-order valence-corrected chi connectivity index (χ4v) is 1.55. The minimum atomic E-state index is 0. The van der Waals surface area contributed by atoms with Gasteiger partial charge in [-0.05, 0) is 12.5 Å². The van der Waals surface area contributed by atoms with Crippen LogP contribution in [0.4, 0.5) is 5.82 Å². The van der Waals surface area contributed by atoms with Crippen molar-refractivity contribution in [3.05, 3.63) is 36.4 Å². The van der Waals surface area contributed by atoms with Crippen molar-refractivity contribution in [2.75, 3.05) is 5.32 Å². The standard InChI is InChI=1S/C12H17N3O.ClH/c1-2-3-7-15-12(4-6-14-15)13-9-11-5-8-16-10-11;/h4-6,8,10,13H,2-3,7,9H2,1H3;1H. The van der Waals surface area contributed by atoms with Crippen LogP contribution in [0.1, 0.15) is 25.3 Å². The summed E-state index contributed by atoms with van der Waals surface area (Å²) in [6.07, 6.45) is 7.60. The summed E-state index contributed by atoms with van der Waals surface area (Å²) in [5.74, 6) is 1.06. The first-order valence-corrected chi connectivity index (χ1v) is 5.67. The van der Waals surface area contributed by atoms with Crippen LogP contribution in [0.5, 0.6) is 0 Å². The maximum absolute atomic E-state index is 5.02. The van der Waals surface area contributed by atoms with E-state index in [1.807, 2.05) is 23.0 Å². The van der Waals surface area contributed by atoms with Crippen molar-refractivity contribution in [2.24, 2.45) is 0 Å². The van der Waals surface area contributed by atoms with E-state index in [4.69, 9.17) is 4.42 Å². The zero-order valence-corrected chi connectivity index (χ0v) is 10.7. The molecule has 0 aromatic carbocycles. The van der Waals surface area contributed by atoms with Crippen LogP contribution in [0.25, 0.3) is 0 Å². The quantitative estimate of drug-likeness (QED) is 0.861. The Kier molecular flexibility index (Phi) is 5.63. The molecule has 0 spiro atoms. The van der Waals surface area contributed by atoms with E-state index in [0.717, 1.165) is 30.9 Å². The lowest BCUT2D eigenvalue weighted by molar-refractivity contribution is 0.563. The van der Waals surface area contributed by atoms with Gasteiger partial charge in [0.15, 0.2) is 0 Å². The second-order valence-corrected chi connectivity index (χ2v) is 3.78. The fourth-order valence-electron chi connectivity index (χ4n) is 1.55. The molecule has 0 amide bonds. The zero-order valence-electron chi connectivity index (χ0n) is 9.93. The molecule has 0 saturated carbocycles. The minimum absolute atomic E-state index is 0. The first-order valence-electron chi connectivity index (χ1n) is 5.67. The monoisotopic (exact) mass is 255 g/mol. The molecule has 0 aliphatic rings. The molecule has 94 valence electrons. The fraction of sp³-hybridized carbons (Fsp3) is 0.417. The number of hydrogen-bond donors (Lipinski definition) is 1. The summed E-state index contributed by atoms with van der Waals surface area (Å²) in [6, 6.07) is 3.95. The summed E-state index contributed by atoms with van der Waals surface area (Å²) in [7, 11) is 0. The Morgan fingerprint density at radius 1 is 1.41 bits per heavy atom. The van der Waals surface area contributed by atoms with Crippen LogP contribution in [0, 0.1) is 0 Å². The molecule has 0 fully saturated rings. The van der Waals surface area contributed by atoms with Crippen LogP contribution in [0.3, 0.4) is 0 Å². The van der Waals surface area contributed by atoms with Gasteiger partial charge in [-0.25, -0.2) is 4.68 Å². The maximum atomic E-state index is 5.02. The number of anilines is 1. The molecule has 0 radical (unpaired) electrons. The molecular weight excluding hydrogens is 238 g/mol. The van der Waals surface area contributed by atoms with E-state index in [0.29, 0.717) is 0 Å². The molecule has 2 rings (SSSR count). The highest BCUT2D eigenvalue weighted by Crippen LogP contribution is 2.10. The van der Waals surface area contributed by atoms with Gasteiger partial charge in [-0.2, -0.15) is 5.10 Å². The molecule has 0 aliphatic carbocycles. The van der Waals surface area contributed by atoms with Crippen molar-refractivity contribution in [3.63, 3.8) is 0 Å². The number of nitrogens with zero attached hydrogens (tertiary/aromatic N) is 2. The van der Waals surface area contributed by atoms with Gasteiger partial charge in [0, 0.05) is 24.7 Å². The second kappa shape index (κ2) is 7.01. The molecule has 0 unspecified atom stereocenters. The Bertz CT molecular complexity index is 411. The van der Waals surface area contributed by atoms with Crippen LogP contribution in [0.15, 0.2) is 35.3 Å². The predicted molar refractivity (Wildman–Crippen MR) is 70.4 cm³/mol. The third-order valence-electron chi connectivity index (χ3n) is 2.49. The number of hydrogen-bond acceptors (Lipinski definition) is 3. The van der Waals surface area contributed by atoms with Crippen molar-refractivity contribution in [2.45, 2.75) is 32.9 Å². The lowest BCUT2D eigenvalue weighted by Gasteiger charge is -2.08. The maximum Gasteiger partial charge on any atom is 0.124 e. The predicted octanol–water partition coefficient (Wildman–Crippen LogP) is 3.31. The average molecular weight is 256 g/mol. The van der Waals surface area contributed by atoms with E-state index >= 15 is 0 Å². The van der Waals surface area contributed by atoms with Gasteiger partial charge in [0.2, 0.25) is 0 Å². The lowest BCUT2D eigenvalue weighted by atomic mass is 10.3. The van der Waals surface area contributed by atoms with E-state index in [9.17, 15) is 0 Å². The van der Waals surface area contributed by atoms with Crippen molar-refractivity contribution >= 4 is 18.2 Å². The lowest BCUT2D eigenvalue weighted by Crippen LogP contribution is -2.07. The van der Waals surface area contributed by atoms with Gasteiger partial charge in [0.05, 0.1) is 18.7 Å². The van der Waals surface area contributed by atoms with Crippen molar-refractivity contribution in [1.82, 2.24) is 9.78 Å². The van der Waals surface area contributed by atoms with Gasteiger partial charge < -0.3 is 9.73 Å². The molecule has 4 nitrogen and oxygen atoms in total. The Hall–Kier alpha value is -1.42. The molecule has 0 saturated heterocycles. The summed E-state index contributed by atoms with van der Waals surface area (Å²) >= 11 is 0. The molecule has 2 aromatic rings. The zero-order chi connectivity index (χ0) is 11.2. The molecule has 0 bridgehead atoms. The highest BCUT2D eigenvalue weighted by atomic mass is 35.5. The molecule has 2 aromatic heterocycles. The van der Waals surface area contributed by atoms with E-state index < -0.39 is 0 Å². The van der Waals surface area contributed by atoms with E-state index in [2.05, 4.69) is 17.3 Å². The Morgan fingerprint density at radius 2 is 2.29 bits per heavy atom. The summed E-state index contributed by atoms with van der Waals surface area (Å²) in [4.78, 5) is 0. The van der Waals surface area contributed by atoms with Crippen LogP contribution in [-0.4, -0.2) is 9.78 Å². The van der Waals surface area contributed by atoms with Gasteiger partial charge in [0.1, 0.15) is 5.82 Å². The molecule has 1 N–H and O–H groups in total. The van der Waals surface area contributed by atoms with Crippen LogP contribution < -0.4 is 5.32 Å². The molecule has 0 aliphatic heterocycles. The van der Waals surface area contributed by atoms with E-state index in [1.54, 1.807) is 12.5 Å². The molecule has 5 heteroatoms. The SMILES string of the molecule is CCCCn1nccc1NCc1ccoc1.Cl. The third kappa shape index (κ3) is 3.82. The average Bonchev–Trinajstić information content (AvgIpc) is 2.94. The van der Waals surface area contributed by atoms with E-state index in [1.165, 1.54) is 6.42 Å². The minimum Gasteiger partial charge on any atom is -0.472 e. The Morgan fingerprint density at radius 3 is 3.00 bits per heavy atom. The molecule has 2 heterocycles. The summed E-state index contributed by atoms with van der Waals surface area (Å²) < 4.78 is 7.02. The van der Waals surface area contributed by atoms with Crippen LogP contribution >= 0.6 is 12.4 Å². The highest BCUT2D eigenvalue weighted by Gasteiger charge is 2.01. The smallest absolute Gasteiger partial charge is 0.124 e. The van der Waals surface area contributed by atoms with Crippen molar-refractivity contribution in [1.29, 1.82) is 0 Å². The highest BCUT2D eigenvalue weighted by molar-refractivity contribution is 5.85. The second-order valence-electron chi connectivity index (χ2n) is 3.78.